The van der Waals surface area contributed by atoms with Crippen molar-refractivity contribution < 1.29 is 9.59 Å². The minimum Gasteiger partial charge on any atom is -0.350 e. The molecule has 2 atom stereocenters. The van der Waals surface area contributed by atoms with Gasteiger partial charge in [-0.1, -0.05) is 23.7 Å². The van der Waals surface area contributed by atoms with Crippen molar-refractivity contribution in [3.05, 3.63) is 53.3 Å². The van der Waals surface area contributed by atoms with Gasteiger partial charge in [0.25, 0.3) is 0 Å². The summed E-state index contributed by atoms with van der Waals surface area (Å²) in [5.41, 5.74) is 0.963. The zero-order valence-corrected chi connectivity index (χ0v) is 14.1. The average molecular weight is 347 g/mol. The van der Waals surface area contributed by atoms with Crippen LogP contribution in [0.15, 0.2) is 42.7 Å². The topological polar surface area (TPSA) is 67.2 Å². The number of aromatic nitrogens is 2. The molecule has 0 aliphatic carbocycles. The van der Waals surface area contributed by atoms with E-state index in [2.05, 4.69) is 10.4 Å². The van der Waals surface area contributed by atoms with E-state index in [1.165, 1.54) is 0 Å². The third-order valence-corrected chi connectivity index (χ3v) is 4.52. The predicted octanol–water partition coefficient (Wildman–Crippen LogP) is 2.01. The number of halogens is 1. The number of carbonyl (C=O) groups excluding carboxylic acids is 2. The number of nitrogens with zero attached hydrogens (tertiary/aromatic N) is 3. The van der Waals surface area contributed by atoms with Crippen LogP contribution >= 0.6 is 11.6 Å². The molecule has 1 aliphatic heterocycles. The fourth-order valence-electron chi connectivity index (χ4n) is 3.04. The second-order valence-corrected chi connectivity index (χ2v) is 6.33. The highest BCUT2D eigenvalue weighted by atomic mass is 35.5. The molecule has 1 aromatic carbocycles. The normalized spacial score (nSPS) is 20.4. The first-order valence-corrected chi connectivity index (χ1v) is 8.20. The van der Waals surface area contributed by atoms with Gasteiger partial charge in [-0.2, -0.15) is 5.10 Å². The Morgan fingerprint density at radius 2 is 2.12 bits per heavy atom. The molecule has 2 heterocycles. The fraction of sp³-hybridized carbons (Fsp3) is 0.353. The lowest BCUT2D eigenvalue weighted by Crippen LogP contribution is -2.39. The highest BCUT2D eigenvalue weighted by Crippen LogP contribution is 2.32. The quantitative estimate of drug-likeness (QED) is 0.900. The molecule has 24 heavy (non-hydrogen) atoms. The first kappa shape index (κ1) is 16.5. The molecule has 7 heteroatoms. The van der Waals surface area contributed by atoms with Gasteiger partial charge in [-0.15, -0.1) is 0 Å². The van der Waals surface area contributed by atoms with Crippen LogP contribution in [0.4, 0.5) is 0 Å². The number of benzene rings is 1. The smallest absolute Gasteiger partial charge is 0.225 e. The van der Waals surface area contributed by atoms with Crippen LogP contribution in [0.1, 0.15) is 24.4 Å². The van der Waals surface area contributed by atoms with Crippen LogP contribution in [-0.2, 0) is 16.1 Å². The highest BCUT2D eigenvalue weighted by Gasteiger charge is 2.39. The molecule has 1 aromatic heterocycles. The van der Waals surface area contributed by atoms with Crippen molar-refractivity contribution in [1.29, 1.82) is 0 Å². The summed E-state index contributed by atoms with van der Waals surface area (Å²) in [6, 6.07) is 8.78. The zero-order chi connectivity index (χ0) is 17.1. The summed E-state index contributed by atoms with van der Waals surface area (Å²) in [7, 11) is 1.76. The van der Waals surface area contributed by atoms with E-state index in [-0.39, 0.29) is 23.9 Å². The maximum absolute atomic E-state index is 12.2. The van der Waals surface area contributed by atoms with Crippen LogP contribution in [0.25, 0.3) is 0 Å². The fourth-order valence-corrected chi connectivity index (χ4v) is 3.17. The van der Waals surface area contributed by atoms with Gasteiger partial charge in [-0.25, -0.2) is 0 Å². The number of aryl methyl sites for hydroxylation is 1. The third-order valence-electron chi connectivity index (χ3n) is 4.27. The molecule has 126 valence electrons. The van der Waals surface area contributed by atoms with Crippen LogP contribution in [-0.4, -0.2) is 39.6 Å². The zero-order valence-electron chi connectivity index (χ0n) is 13.4. The van der Waals surface area contributed by atoms with Crippen LogP contribution in [0, 0.1) is 0 Å². The van der Waals surface area contributed by atoms with Gasteiger partial charge in [0.2, 0.25) is 11.8 Å². The number of nitrogens with one attached hydrogen (secondary N) is 1. The molecule has 1 aliphatic rings. The molecule has 1 N–H and O–H groups in total. The SMILES string of the molecule is CN1C(=O)C[C@H](NC(=O)CCn2cccn2)[C@@H]1c1ccc(Cl)cc1. The maximum Gasteiger partial charge on any atom is 0.225 e. The number of carbonyl (C=O) groups is 2. The molecule has 2 aromatic rings. The van der Waals surface area contributed by atoms with E-state index in [4.69, 9.17) is 11.6 Å². The van der Waals surface area contributed by atoms with Gasteiger partial charge in [0.15, 0.2) is 0 Å². The molecule has 0 saturated carbocycles. The van der Waals surface area contributed by atoms with Crippen LogP contribution in [0.2, 0.25) is 5.02 Å². The van der Waals surface area contributed by atoms with Crippen molar-refractivity contribution in [3.8, 4) is 0 Å². The molecular formula is C17H19ClN4O2. The van der Waals surface area contributed by atoms with Crippen LogP contribution in [0.5, 0.6) is 0 Å². The van der Waals surface area contributed by atoms with E-state index in [1.807, 2.05) is 24.4 Å². The molecular weight excluding hydrogens is 328 g/mol. The Morgan fingerprint density at radius 1 is 1.38 bits per heavy atom. The summed E-state index contributed by atoms with van der Waals surface area (Å²) in [4.78, 5) is 26.0. The first-order valence-electron chi connectivity index (χ1n) is 7.82. The first-order chi connectivity index (χ1) is 11.5. The summed E-state index contributed by atoms with van der Waals surface area (Å²) < 4.78 is 1.71. The van der Waals surface area contributed by atoms with Crippen molar-refractivity contribution in [1.82, 2.24) is 20.0 Å². The molecule has 0 radical (unpaired) electrons. The molecule has 0 spiro atoms. The Balaban J connectivity index is 1.67. The second kappa shape index (κ2) is 7.05. The molecule has 0 unspecified atom stereocenters. The summed E-state index contributed by atoms with van der Waals surface area (Å²) in [6.07, 6.45) is 4.12. The van der Waals surface area contributed by atoms with Gasteiger partial charge < -0.3 is 10.2 Å². The molecule has 3 rings (SSSR count). The monoisotopic (exact) mass is 346 g/mol. The number of hydrogen-bond acceptors (Lipinski definition) is 3. The van der Waals surface area contributed by atoms with Crippen molar-refractivity contribution in [2.45, 2.75) is 31.5 Å². The van der Waals surface area contributed by atoms with Gasteiger partial charge in [-0.3, -0.25) is 14.3 Å². The van der Waals surface area contributed by atoms with Gasteiger partial charge in [-0.05, 0) is 23.8 Å². The largest absolute Gasteiger partial charge is 0.350 e. The molecule has 2 amide bonds. The summed E-state index contributed by atoms with van der Waals surface area (Å²) >= 11 is 5.94. The Morgan fingerprint density at radius 3 is 2.79 bits per heavy atom. The number of likely N-dealkylation sites (tertiary alicyclic amines) is 1. The van der Waals surface area contributed by atoms with Gasteiger partial charge in [0, 0.05) is 43.9 Å². The minimum atomic E-state index is -0.242. The Hall–Kier alpha value is -2.34. The predicted molar refractivity (Wildman–Crippen MR) is 90.4 cm³/mol. The number of amides is 2. The van der Waals surface area contributed by atoms with Crippen molar-refractivity contribution >= 4 is 23.4 Å². The van der Waals surface area contributed by atoms with E-state index in [0.29, 0.717) is 24.4 Å². The highest BCUT2D eigenvalue weighted by molar-refractivity contribution is 6.30. The lowest BCUT2D eigenvalue weighted by molar-refractivity contribution is -0.127. The van der Waals surface area contributed by atoms with E-state index < -0.39 is 0 Å². The Bertz CT molecular complexity index is 715. The molecule has 1 fully saturated rings. The second-order valence-electron chi connectivity index (χ2n) is 5.90. The molecule has 6 nitrogen and oxygen atoms in total. The number of likely N-dealkylation sites (N-methyl/N-ethyl adjacent to an activating group) is 1. The molecule has 0 bridgehead atoms. The summed E-state index contributed by atoms with van der Waals surface area (Å²) in [6.45, 7) is 0.515. The summed E-state index contributed by atoms with van der Waals surface area (Å²) in [5, 5.41) is 7.71. The number of rotatable bonds is 5. The van der Waals surface area contributed by atoms with E-state index in [1.54, 1.807) is 35.0 Å². The van der Waals surface area contributed by atoms with Gasteiger partial charge >= 0.3 is 0 Å². The lowest BCUT2D eigenvalue weighted by atomic mass is 10.00. The summed E-state index contributed by atoms with van der Waals surface area (Å²) in [5.74, 6) is -0.0649. The Kier molecular flexibility index (Phi) is 4.85. The van der Waals surface area contributed by atoms with Crippen molar-refractivity contribution in [2.75, 3.05) is 7.05 Å². The molecule has 1 saturated heterocycles. The van der Waals surface area contributed by atoms with Crippen LogP contribution < -0.4 is 5.32 Å². The standard InChI is InChI=1S/C17H19ClN4O2/c1-21-16(24)11-14(17(21)12-3-5-13(18)6-4-12)20-15(23)7-10-22-9-2-8-19-22/h2-6,8-9,14,17H,7,10-11H2,1H3,(H,20,23)/t14-,17-/m0/s1. The Labute approximate surface area is 145 Å². The van der Waals surface area contributed by atoms with E-state index >= 15 is 0 Å². The van der Waals surface area contributed by atoms with Gasteiger partial charge in [0.05, 0.1) is 12.1 Å². The van der Waals surface area contributed by atoms with Crippen molar-refractivity contribution in [3.63, 3.8) is 0 Å². The minimum absolute atomic E-state index is 0.0207. The van der Waals surface area contributed by atoms with E-state index in [0.717, 1.165) is 5.56 Å². The van der Waals surface area contributed by atoms with Gasteiger partial charge in [0.1, 0.15) is 0 Å². The van der Waals surface area contributed by atoms with Crippen LogP contribution in [0.3, 0.4) is 0 Å². The van der Waals surface area contributed by atoms with Crippen molar-refractivity contribution in [2.24, 2.45) is 0 Å². The lowest BCUT2D eigenvalue weighted by Gasteiger charge is -2.26. The third kappa shape index (κ3) is 3.59. The maximum atomic E-state index is 12.2. The average Bonchev–Trinajstić information content (AvgIpc) is 3.16. The van der Waals surface area contributed by atoms with E-state index in [9.17, 15) is 9.59 Å². The number of hydrogen-bond donors (Lipinski definition) is 1.